The zero-order valence-corrected chi connectivity index (χ0v) is 11.3. The minimum atomic E-state index is -2.24. The minimum absolute atomic E-state index is 0.0744. The zero-order valence-electron chi connectivity index (χ0n) is 9.79. The number of benzene rings is 1. The first-order valence-electron chi connectivity index (χ1n) is 5.13. The van der Waals surface area contributed by atoms with Crippen molar-refractivity contribution < 1.29 is 19.4 Å². The van der Waals surface area contributed by atoms with Crippen LogP contribution in [0, 0.1) is 0 Å². The summed E-state index contributed by atoms with van der Waals surface area (Å²) in [4.78, 5) is 23.4. The van der Waals surface area contributed by atoms with Gasteiger partial charge in [0.2, 0.25) is 5.60 Å². The maximum absolute atomic E-state index is 11.9. The monoisotopic (exact) mass is 301 g/mol. The Morgan fingerprint density at radius 1 is 1.47 bits per heavy atom. The molecule has 1 unspecified atom stereocenters. The van der Waals surface area contributed by atoms with Crippen LogP contribution in [0.4, 0.5) is 5.69 Å². The number of rotatable bonds is 2. The summed E-state index contributed by atoms with van der Waals surface area (Å²) in [5.41, 5.74) is -2.38. The van der Waals surface area contributed by atoms with E-state index in [0.29, 0.717) is 0 Å². The van der Waals surface area contributed by atoms with Crippen LogP contribution in [-0.4, -0.2) is 24.1 Å². The fourth-order valence-corrected chi connectivity index (χ4v) is 2.42. The molecule has 0 aliphatic carbocycles. The molecule has 0 spiro atoms. The van der Waals surface area contributed by atoms with Crippen molar-refractivity contribution in [2.75, 3.05) is 12.4 Å². The first kappa shape index (κ1) is 13.9. The smallest absolute Gasteiger partial charge is 0.336 e. The van der Waals surface area contributed by atoms with Gasteiger partial charge in [-0.2, -0.15) is 0 Å². The number of nitrogens with one attached hydrogen (secondary N) is 1. The number of hydrogen-bond donors (Lipinski definition) is 2. The van der Waals surface area contributed by atoms with Crippen LogP contribution in [0.3, 0.4) is 0 Å². The number of amides is 1. The predicted octanol–water partition coefficient (Wildman–Crippen LogP) is 1.86. The maximum atomic E-state index is 11.9. The van der Waals surface area contributed by atoms with Crippen LogP contribution < -0.4 is 5.32 Å². The van der Waals surface area contributed by atoms with Crippen LogP contribution in [0.2, 0.25) is 10.0 Å². The summed E-state index contributed by atoms with van der Waals surface area (Å²) in [6.45, 7) is 3.42. The van der Waals surface area contributed by atoms with Crippen molar-refractivity contribution in [2.45, 2.75) is 5.60 Å². The highest BCUT2D eigenvalue weighted by molar-refractivity contribution is 6.38. The number of aliphatic hydroxyl groups is 1. The van der Waals surface area contributed by atoms with Gasteiger partial charge in [-0.05, 0) is 12.1 Å². The number of ether oxygens (including phenoxy) is 1. The number of carbonyl (C=O) groups is 2. The zero-order chi connectivity index (χ0) is 14.4. The van der Waals surface area contributed by atoms with Crippen molar-refractivity contribution in [2.24, 2.45) is 0 Å². The number of esters is 1. The molecule has 0 fully saturated rings. The summed E-state index contributed by atoms with van der Waals surface area (Å²) >= 11 is 11.8. The average Bonchev–Trinajstić information content (AvgIpc) is 2.62. The lowest BCUT2D eigenvalue weighted by Crippen LogP contribution is -2.39. The first-order valence-corrected chi connectivity index (χ1v) is 5.89. The number of hydrogen-bond acceptors (Lipinski definition) is 4. The van der Waals surface area contributed by atoms with Crippen LogP contribution in [0.5, 0.6) is 0 Å². The van der Waals surface area contributed by atoms with Gasteiger partial charge in [-0.3, -0.25) is 4.79 Å². The third-order valence-electron chi connectivity index (χ3n) is 2.88. The maximum Gasteiger partial charge on any atom is 0.336 e. The van der Waals surface area contributed by atoms with Crippen LogP contribution in [0.1, 0.15) is 5.56 Å². The van der Waals surface area contributed by atoms with Gasteiger partial charge in [0.25, 0.3) is 5.91 Å². The van der Waals surface area contributed by atoms with Crippen molar-refractivity contribution in [1.29, 1.82) is 0 Å². The molecule has 1 aliphatic rings. The molecule has 100 valence electrons. The molecule has 1 amide bonds. The van der Waals surface area contributed by atoms with Crippen LogP contribution in [-0.2, 0) is 19.9 Å². The lowest BCUT2D eigenvalue weighted by atomic mass is 9.88. The summed E-state index contributed by atoms with van der Waals surface area (Å²) in [5, 5.41) is 13.3. The topological polar surface area (TPSA) is 75.6 Å². The van der Waals surface area contributed by atoms with Gasteiger partial charge < -0.3 is 15.2 Å². The van der Waals surface area contributed by atoms with E-state index >= 15 is 0 Å². The van der Waals surface area contributed by atoms with E-state index in [2.05, 4.69) is 16.6 Å². The van der Waals surface area contributed by atoms with Gasteiger partial charge in [0.15, 0.2) is 0 Å². The first-order chi connectivity index (χ1) is 8.82. The highest BCUT2D eigenvalue weighted by atomic mass is 35.5. The van der Waals surface area contributed by atoms with Gasteiger partial charge in [-0.25, -0.2) is 4.79 Å². The molecule has 0 radical (unpaired) electrons. The number of fused-ring (bicyclic) bond motifs is 1. The van der Waals surface area contributed by atoms with Crippen LogP contribution in [0.25, 0.3) is 0 Å². The minimum Gasteiger partial charge on any atom is -0.466 e. The molecule has 19 heavy (non-hydrogen) atoms. The van der Waals surface area contributed by atoms with Gasteiger partial charge in [-0.1, -0.05) is 29.8 Å². The van der Waals surface area contributed by atoms with E-state index in [4.69, 9.17) is 23.2 Å². The Hall–Kier alpha value is -1.56. The molecule has 1 heterocycles. The Balaban J connectivity index is 2.65. The molecule has 1 aliphatic heterocycles. The number of anilines is 1. The SMILES string of the molecule is C=C(C(=O)OC)C1(O)C(=O)Nc2c(Cl)cc(Cl)cc21. The number of halogens is 2. The highest BCUT2D eigenvalue weighted by Crippen LogP contribution is 2.45. The molecular formula is C12H9Cl2NO4. The molecule has 1 aromatic rings. The number of carbonyl (C=O) groups excluding carboxylic acids is 2. The summed E-state index contributed by atoms with van der Waals surface area (Å²) in [6, 6.07) is 2.75. The van der Waals surface area contributed by atoms with E-state index in [9.17, 15) is 14.7 Å². The lowest BCUT2D eigenvalue weighted by molar-refractivity contribution is -0.143. The molecule has 2 N–H and O–H groups in total. The molecular weight excluding hydrogens is 293 g/mol. The number of methoxy groups -OCH3 is 1. The standard InChI is InChI=1S/C12H9Cl2NO4/c1-5(10(16)19-2)12(18)7-3-6(13)4-8(14)9(7)15-11(12)17/h3-4,18H,1H2,2H3,(H,15,17). The van der Waals surface area contributed by atoms with E-state index in [0.717, 1.165) is 7.11 Å². The summed E-state index contributed by atoms with van der Waals surface area (Å²) in [6.07, 6.45) is 0. The van der Waals surface area contributed by atoms with E-state index in [-0.39, 0.29) is 21.3 Å². The largest absolute Gasteiger partial charge is 0.466 e. The van der Waals surface area contributed by atoms with E-state index in [1.54, 1.807) is 0 Å². The fraction of sp³-hybridized carbons (Fsp3) is 0.167. The molecule has 2 rings (SSSR count). The lowest BCUT2D eigenvalue weighted by Gasteiger charge is -2.21. The summed E-state index contributed by atoms with van der Waals surface area (Å²) in [7, 11) is 1.12. The van der Waals surface area contributed by atoms with Crippen molar-refractivity contribution in [3.05, 3.63) is 39.9 Å². The van der Waals surface area contributed by atoms with Crippen LogP contribution in [0.15, 0.2) is 24.3 Å². The van der Waals surface area contributed by atoms with E-state index < -0.39 is 23.1 Å². The van der Waals surface area contributed by atoms with Gasteiger partial charge in [0.1, 0.15) is 0 Å². The van der Waals surface area contributed by atoms with Crippen molar-refractivity contribution >= 4 is 40.8 Å². The van der Waals surface area contributed by atoms with Crippen molar-refractivity contribution in [3.63, 3.8) is 0 Å². The third kappa shape index (κ3) is 1.90. The quantitative estimate of drug-likeness (QED) is 0.646. The van der Waals surface area contributed by atoms with Gasteiger partial charge in [-0.15, -0.1) is 0 Å². The highest BCUT2D eigenvalue weighted by Gasteiger charge is 2.51. The molecule has 0 bridgehead atoms. The van der Waals surface area contributed by atoms with Gasteiger partial charge in [0, 0.05) is 10.6 Å². The molecule has 0 aromatic heterocycles. The molecule has 1 atom stereocenters. The molecule has 0 saturated carbocycles. The molecule has 1 aromatic carbocycles. The third-order valence-corrected chi connectivity index (χ3v) is 3.40. The normalized spacial score (nSPS) is 20.7. The van der Waals surface area contributed by atoms with Gasteiger partial charge >= 0.3 is 5.97 Å². The second-order valence-corrected chi connectivity index (χ2v) is 4.79. The van der Waals surface area contributed by atoms with Crippen molar-refractivity contribution in [1.82, 2.24) is 0 Å². The Labute approximate surface area is 118 Å². The molecule has 5 nitrogen and oxygen atoms in total. The van der Waals surface area contributed by atoms with E-state index in [1.807, 2.05) is 0 Å². The van der Waals surface area contributed by atoms with Crippen LogP contribution >= 0.6 is 23.2 Å². The summed E-state index contributed by atoms with van der Waals surface area (Å²) < 4.78 is 4.47. The predicted molar refractivity (Wildman–Crippen MR) is 70.1 cm³/mol. The Morgan fingerprint density at radius 2 is 2.11 bits per heavy atom. The summed E-state index contributed by atoms with van der Waals surface area (Å²) in [5.74, 6) is -1.73. The molecule has 7 heteroatoms. The fourth-order valence-electron chi connectivity index (χ4n) is 1.88. The Morgan fingerprint density at radius 3 is 2.68 bits per heavy atom. The van der Waals surface area contributed by atoms with E-state index in [1.165, 1.54) is 12.1 Å². The Bertz CT molecular complexity index is 614. The second kappa shape index (κ2) is 4.52. The average molecular weight is 302 g/mol. The second-order valence-electron chi connectivity index (χ2n) is 3.94. The Kier molecular flexibility index (Phi) is 3.30. The van der Waals surface area contributed by atoms with Crippen molar-refractivity contribution in [3.8, 4) is 0 Å². The van der Waals surface area contributed by atoms with Gasteiger partial charge in [0.05, 0.1) is 23.4 Å². The molecule has 0 saturated heterocycles.